The highest BCUT2D eigenvalue weighted by atomic mass is 16.6. The second-order valence-corrected chi connectivity index (χ2v) is 4.50. The number of allylic oxidation sites excluding steroid dienone is 2. The summed E-state index contributed by atoms with van der Waals surface area (Å²) in [5.41, 5.74) is 0.296. The number of aliphatic hydroxyl groups is 3. The normalized spacial score (nSPS) is 28.6. The van der Waals surface area contributed by atoms with Gasteiger partial charge in [-0.25, -0.2) is 4.79 Å². The lowest BCUT2D eigenvalue weighted by molar-refractivity contribution is -0.155. The van der Waals surface area contributed by atoms with Crippen molar-refractivity contribution < 1.29 is 24.9 Å². The van der Waals surface area contributed by atoms with Gasteiger partial charge in [-0.3, -0.25) is 0 Å². The average Bonchev–Trinajstić information content (AvgIpc) is 2.13. The molecule has 5 heteroatoms. The summed E-state index contributed by atoms with van der Waals surface area (Å²) >= 11 is 0. The van der Waals surface area contributed by atoms with Crippen molar-refractivity contribution in [1.82, 2.24) is 0 Å². The van der Waals surface area contributed by atoms with Crippen molar-refractivity contribution in [1.29, 1.82) is 0 Å². The molecule has 0 spiro atoms. The molecule has 92 valence electrons. The van der Waals surface area contributed by atoms with Crippen molar-refractivity contribution in [3.05, 3.63) is 34.6 Å². The van der Waals surface area contributed by atoms with Gasteiger partial charge >= 0.3 is 5.97 Å². The molecule has 1 aliphatic carbocycles. The minimum Gasteiger partial charge on any atom is -0.512 e. The van der Waals surface area contributed by atoms with Crippen LogP contribution in [0.25, 0.3) is 0 Å². The first-order valence-electron chi connectivity index (χ1n) is 5.25. The molecule has 1 heterocycles. The highest BCUT2D eigenvalue weighted by Crippen LogP contribution is 2.40. The van der Waals surface area contributed by atoms with E-state index in [2.05, 4.69) is 0 Å². The summed E-state index contributed by atoms with van der Waals surface area (Å²) < 4.78 is 5.21. The fraction of sp³-hybridized carbons (Fsp3) is 0.417. The van der Waals surface area contributed by atoms with Gasteiger partial charge in [0.25, 0.3) is 0 Å². The molecule has 0 saturated heterocycles. The number of rotatable bonds is 1. The Hall–Kier alpha value is -1.59. The maximum absolute atomic E-state index is 11.6. The van der Waals surface area contributed by atoms with Crippen LogP contribution in [-0.4, -0.2) is 33.2 Å². The summed E-state index contributed by atoms with van der Waals surface area (Å²) in [5, 5.41) is 27.7. The highest BCUT2D eigenvalue weighted by Gasteiger charge is 2.42. The zero-order valence-electron chi connectivity index (χ0n) is 9.60. The van der Waals surface area contributed by atoms with Crippen molar-refractivity contribution in [2.75, 3.05) is 0 Å². The van der Waals surface area contributed by atoms with E-state index in [1.165, 1.54) is 6.08 Å². The molecule has 0 aromatic heterocycles. The number of aliphatic hydroxyl groups excluding tert-OH is 2. The summed E-state index contributed by atoms with van der Waals surface area (Å²) in [6.45, 7) is 3.45. The van der Waals surface area contributed by atoms with Gasteiger partial charge in [-0.1, -0.05) is 0 Å². The van der Waals surface area contributed by atoms with Gasteiger partial charge in [-0.05, 0) is 37.1 Å². The van der Waals surface area contributed by atoms with Crippen LogP contribution in [0.1, 0.15) is 20.3 Å². The molecule has 3 N–H and O–H groups in total. The third kappa shape index (κ3) is 1.87. The first kappa shape index (κ1) is 11.9. The molecule has 0 amide bonds. The van der Waals surface area contributed by atoms with Gasteiger partial charge < -0.3 is 20.1 Å². The number of carbonyl (C=O) groups is 1. The van der Waals surface area contributed by atoms with Crippen LogP contribution in [-0.2, 0) is 9.53 Å². The van der Waals surface area contributed by atoms with E-state index in [-0.39, 0.29) is 17.8 Å². The van der Waals surface area contributed by atoms with E-state index in [0.29, 0.717) is 5.57 Å². The van der Waals surface area contributed by atoms with E-state index in [1.807, 2.05) is 0 Å². The fourth-order valence-electron chi connectivity index (χ4n) is 2.25. The monoisotopic (exact) mass is 238 g/mol. The number of carbonyl (C=O) groups excluding carboxylic acids is 1. The van der Waals surface area contributed by atoms with Gasteiger partial charge in [-0.15, -0.1) is 0 Å². The largest absolute Gasteiger partial charge is 0.512 e. The van der Waals surface area contributed by atoms with Crippen LogP contribution >= 0.6 is 0 Å². The fourth-order valence-corrected chi connectivity index (χ4v) is 2.25. The molecule has 5 nitrogen and oxygen atoms in total. The predicted octanol–water partition coefficient (Wildman–Crippen LogP) is 0.701. The van der Waals surface area contributed by atoms with Crippen molar-refractivity contribution in [3.8, 4) is 0 Å². The summed E-state index contributed by atoms with van der Waals surface area (Å²) in [7, 11) is 0. The van der Waals surface area contributed by atoms with E-state index in [1.54, 1.807) is 19.9 Å². The zero-order chi connectivity index (χ0) is 12.8. The maximum atomic E-state index is 11.6. The Kier molecular flexibility index (Phi) is 2.60. The number of hydrogen-bond acceptors (Lipinski definition) is 5. The molecule has 0 aromatic rings. The summed E-state index contributed by atoms with van der Waals surface area (Å²) in [5.74, 6) is -0.628. The first-order valence-corrected chi connectivity index (χ1v) is 5.25. The standard InChI is InChI=1S/C12H14O5/c1-6-3-7(13)5-12(2)9(6)4-8(10(14)15)11(16)17-12/h3-4,10,13-15H,5H2,1-2H3. The lowest BCUT2D eigenvalue weighted by Crippen LogP contribution is -2.41. The molecule has 0 bridgehead atoms. The number of fused-ring (bicyclic) bond motifs is 1. The van der Waals surface area contributed by atoms with E-state index in [0.717, 1.165) is 5.57 Å². The lowest BCUT2D eigenvalue weighted by Gasteiger charge is -2.38. The number of esters is 1. The number of hydrogen-bond donors (Lipinski definition) is 3. The van der Waals surface area contributed by atoms with Gasteiger partial charge in [0.2, 0.25) is 0 Å². The Balaban J connectivity index is 2.56. The van der Waals surface area contributed by atoms with Gasteiger partial charge in [0.15, 0.2) is 6.29 Å². The SMILES string of the molecule is CC1=C2C=C(C(O)O)C(=O)OC2(C)CC(O)=C1. The topological polar surface area (TPSA) is 87.0 Å². The molecular formula is C12H14O5. The van der Waals surface area contributed by atoms with Crippen LogP contribution in [0.2, 0.25) is 0 Å². The highest BCUT2D eigenvalue weighted by molar-refractivity contribution is 5.92. The van der Waals surface area contributed by atoms with E-state index in [9.17, 15) is 9.90 Å². The molecular weight excluding hydrogens is 224 g/mol. The van der Waals surface area contributed by atoms with Gasteiger partial charge in [0.1, 0.15) is 5.60 Å². The van der Waals surface area contributed by atoms with E-state index >= 15 is 0 Å². The molecule has 2 rings (SSSR count). The van der Waals surface area contributed by atoms with Crippen LogP contribution < -0.4 is 0 Å². The Morgan fingerprint density at radius 1 is 1.41 bits per heavy atom. The number of ether oxygens (including phenoxy) is 1. The minimum atomic E-state index is -1.85. The Morgan fingerprint density at radius 3 is 2.65 bits per heavy atom. The Morgan fingerprint density at radius 2 is 2.06 bits per heavy atom. The Bertz CT molecular complexity index is 469. The van der Waals surface area contributed by atoms with Crippen molar-refractivity contribution in [2.45, 2.75) is 32.2 Å². The quantitative estimate of drug-likeness (QED) is 0.462. The molecule has 0 aromatic carbocycles. The lowest BCUT2D eigenvalue weighted by atomic mass is 9.81. The summed E-state index contributed by atoms with van der Waals surface area (Å²) in [6.07, 6.45) is 1.34. The van der Waals surface area contributed by atoms with Crippen LogP contribution in [0, 0.1) is 0 Å². The van der Waals surface area contributed by atoms with Crippen molar-refractivity contribution in [2.24, 2.45) is 0 Å². The second-order valence-electron chi connectivity index (χ2n) is 4.50. The molecule has 2 aliphatic rings. The summed E-state index contributed by atoms with van der Waals surface area (Å²) in [6, 6.07) is 0. The van der Waals surface area contributed by atoms with Crippen LogP contribution in [0.3, 0.4) is 0 Å². The van der Waals surface area contributed by atoms with Crippen LogP contribution in [0.4, 0.5) is 0 Å². The molecule has 1 unspecified atom stereocenters. The predicted molar refractivity (Wildman–Crippen MR) is 58.8 cm³/mol. The second kappa shape index (κ2) is 3.72. The molecule has 1 atom stereocenters. The first-order chi connectivity index (χ1) is 7.83. The van der Waals surface area contributed by atoms with Crippen LogP contribution in [0.5, 0.6) is 0 Å². The van der Waals surface area contributed by atoms with Crippen molar-refractivity contribution >= 4 is 5.97 Å². The van der Waals surface area contributed by atoms with Gasteiger partial charge in [-0.2, -0.15) is 0 Å². The van der Waals surface area contributed by atoms with Gasteiger partial charge in [0, 0.05) is 6.42 Å². The van der Waals surface area contributed by atoms with E-state index in [4.69, 9.17) is 14.9 Å². The van der Waals surface area contributed by atoms with E-state index < -0.39 is 17.9 Å². The molecule has 17 heavy (non-hydrogen) atoms. The van der Waals surface area contributed by atoms with Gasteiger partial charge in [0.05, 0.1) is 11.3 Å². The average molecular weight is 238 g/mol. The maximum Gasteiger partial charge on any atom is 0.340 e. The summed E-state index contributed by atoms with van der Waals surface area (Å²) in [4.78, 5) is 11.6. The molecule has 1 aliphatic heterocycles. The molecule has 0 saturated carbocycles. The van der Waals surface area contributed by atoms with Crippen molar-refractivity contribution in [3.63, 3.8) is 0 Å². The molecule has 0 fully saturated rings. The molecule has 0 radical (unpaired) electrons. The minimum absolute atomic E-state index is 0.142. The third-order valence-corrected chi connectivity index (χ3v) is 3.03. The van der Waals surface area contributed by atoms with Crippen LogP contribution in [0.15, 0.2) is 34.6 Å². The third-order valence-electron chi connectivity index (χ3n) is 3.03. The zero-order valence-corrected chi connectivity index (χ0v) is 9.60. The smallest absolute Gasteiger partial charge is 0.340 e. The Labute approximate surface area is 98.3 Å².